The Balaban J connectivity index is 1.32. The lowest BCUT2D eigenvalue weighted by molar-refractivity contribution is 0.0930. The third-order valence-corrected chi connectivity index (χ3v) is 6.39. The molecule has 2 aliphatic rings. The molecule has 6 nitrogen and oxygen atoms in total. The molecule has 0 radical (unpaired) electrons. The molecule has 0 aromatic heterocycles. The first kappa shape index (κ1) is 21.3. The molecule has 1 saturated heterocycles. The van der Waals surface area contributed by atoms with Gasteiger partial charge in [-0.25, -0.2) is 0 Å². The van der Waals surface area contributed by atoms with Crippen molar-refractivity contribution in [3.05, 3.63) is 89.5 Å². The van der Waals surface area contributed by atoms with E-state index in [1.807, 2.05) is 43.3 Å². The van der Waals surface area contributed by atoms with E-state index < -0.39 is 0 Å². The Labute approximate surface area is 194 Å². The predicted octanol–water partition coefficient (Wildman–Crippen LogP) is 4.02. The van der Waals surface area contributed by atoms with Crippen LogP contribution in [0.15, 0.2) is 72.8 Å². The molecule has 0 spiro atoms. The number of para-hydroxylation sites is 1. The van der Waals surface area contributed by atoms with Gasteiger partial charge in [0.2, 0.25) is 6.79 Å². The molecule has 3 aromatic carbocycles. The lowest BCUT2D eigenvalue weighted by Crippen LogP contribution is -2.50. The Morgan fingerprint density at radius 3 is 2.48 bits per heavy atom. The van der Waals surface area contributed by atoms with Crippen molar-refractivity contribution in [2.75, 3.05) is 44.4 Å². The molecule has 3 aromatic rings. The molecule has 170 valence electrons. The van der Waals surface area contributed by atoms with Crippen LogP contribution in [0.5, 0.6) is 11.5 Å². The van der Waals surface area contributed by atoms with Crippen LogP contribution in [0.4, 0.5) is 5.69 Å². The fourth-order valence-corrected chi connectivity index (χ4v) is 4.59. The second-order valence-corrected chi connectivity index (χ2v) is 8.57. The lowest BCUT2D eigenvalue weighted by atomic mass is 10.0. The van der Waals surface area contributed by atoms with Crippen molar-refractivity contribution in [3.63, 3.8) is 0 Å². The lowest BCUT2D eigenvalue weighted by Gasteiger charge is -2.40. The number of hydrogen-bond donors (Lipinski definition) is 1. The van der Waals surface area contributed by atoms with Gasteiger partial charge < -0.3 is 19.7 Å². The zero-order valence-corrected chi connectivity index (χ0v) is 18.9. The maximum Gasteiger partial charge on any atom is 0.251 e. The van der Waals surface area contributed by atoms with Crippen molar-refractivity contribution in [1.29, 1.82) is 0 Å². The number of carbonyl (C=O) groups is 1. The van der Waals surface area contributed by atoms with Crippen LogP contribution < -0.4 is 19.7 Å². The summed E-state index contributed by atoms with van der Waals surface area (Å²) >= 11 is 0. The number of ether oxygens (including phenoxy) is 2. The third kappa shape index (κ3) is 4.81. The van der Waals surface area contributed by atoms with Crippen LogP contribution in [0.2, 0.25) is 0 Å². The molecule has 1 N–H and O–H groups in total. The molecule has 1 atom stereocenters. The number of carbonyl (C=O) groups excluding carboxylic acids is 1. The molecular weight excluding hydrogens is 414 g/mol. The second-order valence-electron chi connectivity index (χ2n) is 8.57. The molecule has 2 aliphatic heterocycles. The van der Waals surface area contributed by atoms with Gasteiger partial charge in [0.1, 0.15) is 0 Å². The van der Waals surface area contributed by atoms with Gasteiger partial charge in [0, 0.05) is 44.0 Å². The van der Waals surface area contributed by atoms with Crippen LogP contribution in [0.3, 0.4) is 0 Å². The minimum absolute atomic E-state index is 0.0474. The van der Waals surface area contributed by atoms with E-state index in [4.69, 9.17) is 9.47 Å². The van der Waals surface area contributed by atoms with E-state index in [1.54, 1.807) is 0 Å². The zero-order chi connectivity index (χ0) is 22.6. The van der Waals surface area contributed by atoms with Crippen LogP contribution in [0.25, 0.3) is 0 Å². The van der Waals surface area contributed by atoms with E-state index in [2.05, 4.69) is 51.5 Å². The minimum atomic E-state index is -0.0487. The first-order chi connectivity index (χ1) is 16.2. The van der Waals surface area contributed by atoms with Gasteiger partial charge in [-0.2, -0.15) is 0 Å². The number of hydrogen-bond acceptors (Lipinski definition) is 5. The van der Waals surface area contributed by atoms with E-state index in [0.717, 1.165) is 48.8 Å². The second kappa shape index (κ2) is 9.55. The van der Waals surface area contributed by atoms with E-state index in [1.165, 1.54) is 5.69 Å². The summed E-state index contributed by atoms with van der Waals surface area (Å²) in [7, 11) is 0. The van der Waals surface area contributed by atoms with Crippen LogP contribution in [-0.2, 0) is 0 Å². The summed E-state index contributed by atoms with van der Waals surface area (Å²) in [5, 5.41) is 3.17. The van der Waals surface area contributed by atoms with Crippen molar-refractivity contribution in [1.82, 2.24) is 10.2 Å². The summed E-state index contributed by atoms with van der Waals surface area (Å²) in [4.78, 5) is 17.7. The van der Waals surface area contributed by atoms with Crippen molar-refractivity contribution in [2.45, 2.75) is 13.0 Å². The van der Waals surface area contributed by atoms with E-state index in [-0.39, 0.29) is 18.7 Å². The van der Waals surface area contributed by atoms with Gasteiger partial charge in [0.15, 0.2) is 11.5 Å². The number of nitrogens with zero attached hydrogens (tertiary/aromatic N) is 2. The standard InChI is InChI=1S/C27H29N3O3/c1-20-6-5-7-22(16-20)27(31)28-18-24(21-10-11-25-26(17-21)33-19-32-25)30-14-12-29(13-15-30)23-8-3-2-4-9-23/h2-11,16-17,24H,12-15,18-19H2,1H3,(H,28,31). The SMILES string of the molecule is Cc1cccc(C(=O)NCC(c2ccc3c(c2)OCO3)N2CCN(c3ccccc3)CC2)c1. The Bertz CT molecular complexity index is 1110. The average molecular weight is 444 g/mol. The largest absolute Gasteiger partial charge is 0.454 e. The molecule has 0 aliphatic carbocycles. The quantitative estimate of drug-likeness (QED) is 0.624. The number of benzene rings is 3. The number of fused-ring (bicyclic) bond motifs is 1. The number of anilines is 1. The maximum atomic E-state index is 12.9. The summed E-state index contributed by atoms with van der Waals surface area (Å²) in [5.74, 6) is 1.49. The van der Waals surface area contributed by atoms with Gasteiger partial charge in [-0.3, -0.25) is 9.69 Å². The molecule has 1 unspecified atom stereocenters. The molecule has 0 bridgehead atoms. The van der Waals surface area contributed by atoms with Gasteiger partial charge in [-0.1, -0.05) is 42.0 Å². The third-order valence-electron chi connectivity index (χ3n) is 6.39. The van der Waals surface area contributed by atoms with Crippen molar-refractivity contribution < 1.29 is 14.3 Å². The van der Waals surface area contributed by atoms with Crippen LogP contribution >= 0.6 is 0 Å². The zero-order valence-electron chi connectivity index (χ0n) is 18.9. The highest BCUT2D eigenvalue weighted by Crippen LogP contribution is 2.35. The topological polar surface area (TPSA) is 54.0 Å². The van der Waals surface area contributed by atoms with Crippen molar-refractivity contribution >= 4 is 11.6 Å². The first-order valence-electron chi connectivity index (χ1n) is 11.5. The average Bonchev–Trinajstić information content (AvgIpc) is 3.33. The fourth-order valence-electron chi connectivity index (χ4n) is 4.59. The number of amides is 1. The summed E-state index contributed by atoms with van der Waals surface area (Å²) in [6, 6.07) is 24.4. The highest BCUT2D eigenvalue weighted by molar-refractivity contribution is 5.94. The molecule has 0 saturated carbocycles. The highest BCUT2D eigenvalue weighted by Gasteiger charge is 2.27. The monoisotopic (exact) mass is 443 g/mol. The van der Waals surface area contributed by atoms with Gasteiger partial charge in [0.25, 0.3) is 5.91 Å². The molecule has 5 rings (SSSR count). The van der Waals surface area contributed by atoms with E-state index in [0.29, 0.717) is 12.1 Å². The number of nitrogens with one attached hydrogen (secondary N) is 1. The fraction of sp³-hybridized carbons (Fsp3) is 0.296. The van der Waals surface area contributed by atoms with E-state index >= 15 is 0 Å². The highest BCUT2D eigenvalue weighted by atomic mass is 16.7. The molecule has 2 heterocycles. The van der Waals surface area contributed by atoms with Gasteiger partial charge in [0.05, 0.1) is 6.04 Å². The van der Waals surface area contributed by atoms with Gasteiger partial charge in [-0.05, 0) is 48.9 Å². The summed E-state index contributed by atoms with van der Waals surface area (Å²) < 4.78 is 11.1. The predicted molar refractivity (Wildman–Crippen MR) is 129 cm³/mol. The Morgan fingerprint density at radius 2 is 1.70 bits per heavy atom. The number of piperazine rings is 1. The Morgan fingerprint density at radius 1 is 0.909 bits per heavy atom. The smallest absolute Gasteiger partial charge is 0.251 e. The number of aryl methyl sites for hydroxylation is 1. The molecule has 6 heteroatoms. The van der Waals surface area contributed by atoms with Crippen LogP contribution in [-0.4, -0.2) is 50.3 Å². The van der Waals surface area contributed by atoms with Crippen LogP contribution in [0, 0.1) is 6.92 Å². The molecular formula is C27H29N3O3. The van der Waals surface area contributed by atoms with Crippen LogP contribution in [0.1, 0.15) is 27.5 Å². The summed E-state index contributed by atoms with van der Waals surface area (Å²) in [6.07, 6.45) is 0. The van der Waals surface area contributed by atoms with E-state index in [9.17, 15) is 4.79 Å². The molecule has 33 heavy (non-hydrogen) atoms. The first-order valence-corrected chi connectivity index (χ1v) is 11.5. The van der Waals surface area contributed by atoms with Crippen molar-refractivity contribution in [3.8, 4) is 11.5 Å². The van der Waals surface area contributed by atoms with Gasteiger partial charge in [-0.15, -0.1) is 0 Å². The normalized spacial score (nSPS) is 16.5. The van der Waals surface area contributed by atoms with Gasteiger partial charge >= 0.3 is 0 Å². The minimum Gasteiger partial charge on any atom is -0.454 e. The van der Waals surface area contributed by atoms with Crippen molar-refractivity contribution in [2.24, 2.45) is 0 Å². The summed E-state index contributed by atoms with van der Waals surface area (Å²) in [6.45, 7) is 6.48. The molecule has 1 amide bonds. The molecule has 1 fully saturated rings. The maximum absolute atomic E-state index is 12.9. The Hall–Kier alpha value is -3.51. The Kier molecular flexibility index (Phi) is 6.17. The number of rotatable bonds is 6. The summed E-state index contributed by atoms with van der Waals surface area (Å²) in [5.41, 5.74) is 4.14.